The summed E-state index contributed by atoms with van der Waals surface area (Å²) >= 11 is 5.96. The van der Waals surface area contributed by atoms with E-state index in [1.807, 2.05) is 0 Å². The van der Waals surface area contributed by atoms with Crippen LogP contribution in [0.3, 0.4) is 0 Å². The molecule has 1 aromatic carbocycles. The first-order chi connectivity index (χ1) is 11.5. The molecule has 25 heavy (non-hydrogen) atoms. The highest BCUT2D eigenvalue weighted by molar-refractivity contribution is 7.89. The normalized spacial score (nSPS) is 11.8. The monoisotopic (exact) mass is 392 g/mol. The van der Waals surface area contributed by atoms with Crippen molar-refractivity contribution in [2.24, 2.45) is 5.92 Å². The topological polar surface area (TPSA) is 107 Å². The number of benzene rings is 1. The highest BCUT2D eigenvalue weighted by Gasteiger charge is 2.30. The van der Waals surface area contributed by atoms with E-state index in [9.17, 15) is 23.3 Å². The number of sulfonamides is 1. The van der Waals surface area contributed by atoms with Gasteiger partial charge in [0.1, 0.15) is 6.54 Å². The minimum Gasteiger partial charge on any atom is -0.465 e. The highest BCUT2D eigenvalue weighted by Crippen LogP contribution is 2.31. The third-order valence-corrected chi connectivity index (χ3v) is 5.49. The van der Waals surface area contributed by atoms with E-state index in [1.165, 1.54) is 6.92 Å². The maximum absolute atomic E-state index is 12.9. The summed E-state index contributed by atoms with van der Waals surface area (Å²) in [6.07, 6.45) is 0. The van der Waals surface area contributed by atoms with Gasteiger partial charge in [-0.05, 0) is 25.8 Å². The van der Waals surface area contributed by atoms with Gasteiger partial charge in [0, 0.05) is 18.2 Å². The second-order valence-electron chi connectivity index (χ2n) is 5.80. The third-order valence-electron chi connectivity index (χ3n) is 3.30. The summed E-state index contributed by atoms with van der Waals surface area (Å²) < 4.78 is 31.5. The molecule has 0 atom stereocenters. The van der Waals surface area contributed by atoms with Gasteiger partial charge in [0.15, 0.2) is 0 Å². The number of esters is 1. The van der Waals surface area contributed by atoms with Crippen LogP contribution in [0.5, 0.6) is 0 Å². The molecule has 0 fully saturated rings. The lowest BCUT2D eigenvalue weighted by Crippen LogP contribution is -2.39. The molecule has 0 unspecified atom stereocenters. The SMILES string of the molecule is CCOC(=O)CN(CC(C)C)S(=O)(=O)c1cc(Cl)c(C)c([N+](=O)[O-])c1. The Balaban J connectivity index is 3.38. The van der Waals surface area contributed by atoms with E-state index < -0.39 is 33.1 Å². The van der Waals surface area contributed by atoms with Crippen molar-refractivity contribution in [3.05, 3.63) is 32.8 Å². The molecule has 0 heterocycles. The van der Waals surface area contributed by atoms with Gasteiger partial charge in [-0.15, -0.1) is 0 Å². The van der Waals surface area contributed by atoms with Crippen molar-refractivity contribution in [2.45, 2.75) is 32.6 Å². The largest absolute Gasteiger partial charge is 0.465 e. The fraction of sp³-hybridized carbons (Fsp3) is 0.533. The number of halogens is 1. The first kappa shape index (κ1) is 21.3. The van der Waals surface area contributed by atoms with Gasteiger partial charge in [-0.1, -0.05) is 25.4 Å². The van der Waals surface area contributed by atoms with E-state index in [-0.39, 0.29) is 34.6 Å². The predicted octanol–water partition coefficient (Wildman–Crippen LogP) is 2.77. The summed E-state index contributed by atoms with van der Waals surface area (Å²) in [5.74, 6) is -0.764. The maximum atomic E-state index is 12.9. The smallest absolute Gasteiger partial charge is 0.321 e. The number of hydrogen-bond donors (Lipinski definition) is 0. The van der Waals surface area contributed by atoms with Crippen molar-refractivity contribution in [1.82, 2.24) is 4.31 Å². The van der Waals surface area contributed by atoms with Gasteiger partial charge in [0.25, 0.3) is 5.69 Å². The Bertz CT molecular complexity index is 764. The first-order valence-electron chi connectivity index (χ1n) is 7.61. The molecular formula is C15H21ClN2O6S. The number of nitro benzene ring substituents is 1. The van der Waals surface area contributed by atoms with E-state index in [2.05, 4.69) is 0 Å². The average molecular weight is 393 g/mol. The number of carbonyl (C=O) groups excluding carboxylic acids is 1. The Kier molecular flexibility index (Phi) is 7.33. The van der Waals surface area contributed by atoms with Crippen LogP contribution in [0.2, 0.25) is 5.02 Å². The number of nitro groups is 1. The van der Waals surface area contributed by atoms with Crippen LogP contribution in [0.4, 0.5) is 5.69 Å². The van der Waals surface area contributed by atoms with E-state index in [1.54, 1.807) is 20.8 Å². The summed E-state index contributed by atoms with van der Waals surface area (Å²) in [5, 5.41) is 11.1. The molecule has 1 rings (SSSR count). The second-order valence-corrected chi connectivity index (χ2v) is 8.15. The summed E-state index contributed by atoms with van der Waals surface area (Å²) in [4.78, 5) is 21.8. The van der Waals surface area contributed by atoms with Crippen molar-refractivity contribution in [1.29, 1.82) is 0 Å². The van der Waals surface area contributed by atoms with Gasteiger partial charge < -0.3 is 4.74 Å². The zero-order chi connectivity index (χ0) is 19.4. The van der Waals surface area contributed by atoms with Crippen LogP contribution in [0, 0.1) is 23.0 Å². The van der Waals surface area contributed by atoms with Crippen molar-refractivity contribution in [3.8, 4) is 0 Å². The summed E-state index contributed by atoms with van der Waals surface area (Å²) in [7, 11) is -4.16. The molecule has 0 N–H and O–H groups in total. The van der Waals surface area contributed by atoms with Gasteiger partial charge in [0.05, 0.1) is 21.4 Å². The fourth-order valence-corrected chi connectivity index (χ4v) is 4.01. The third kappa shape index (κ3) is 5.38. The molecule has 0 radical (unpaired) electrons. The van der Waals surface area contributed by atoms with Gasteiger partial charge in [-0.2, -0.15) is 4.31 Å². The van der Waals surface area contributed by atoms with E-state index in [4.69, 9.17) is 16.3 Å². The highest BCUT2D eigenvalue weighted by atomic mass is 35.5. The summed E-state index contributed by atoms with van der Waals surface area (Å²) in [6, 6.07) is 2.10. The standard InChI is InChI=1S/C15H21ClN2O6S/c1-5-24-15(19)9-17(8-10(2)3)25(22,23)12-6-13(16)11(4)14(7-12)18(20)21/h6-7,10H,5,8-9H2,1-4H3. The van der Waals surface area contributed by atoms with Crippen molar-refractivity contribution in [3.63, 3.8) is 0 Å². The molecule has 10 heteroatoms. The Morgan fingerprint density at radius 1 is 1.40 bits per heavy atom. The van der Waals surface area contributed by atoms with Crippen LogP contribution in [0.1, 0.15) is 26.3 Å². The van der Waals surface area contributed by atoms with Gasteiger partial charge >= 0.3 is 5.97 Å². The van der Waals surface area contributed by atoms with Crippen LogP contribution in [-0.2, 0) is 19.6 Å². The van der Waals surface area contributed by atoms with E-state index >= 15 is 0 Å². The molecule has 0 amide bonds. The summed E-state index contributed by atoms with van der Waals surface area (Å²) in [5.41, 5.74) is -0.224. The number of hydrogen-bond acceptors (Lipinski definition) is 6. The van der Waals surface area contributed by atoms with Crippen LogP contribution >= 0.6 is 11.6 Å². The van der Waals surface area contributed by atoms with E-state index in [0.717, 1.165) is 16.4 Å². The molecule has 1 aromatic rings. The zero-order valence-electron chi connectivity index (χ0n) is 14.5. The lowest BCUT2D eigenvalue weighted by molar-refractivity contribution is -0.385. The molecule has 0 aromatic heterocycles. The fourth-order valence-electron chi connectivity index (χ4n) is 2.13. The quantitative estimate of drug-likeness (QED) is 0.382. The molecule has 0 aliphatic heterocycles. The minimum absolute atomic E-state index is 0.0339. The molecule has 0 saturated heterocycles. The molecule has 0 saturated carbocycles. The Labute approximate surface area is 151 Å². The molecule has 0 aliphatic carbocycles. The van der Waals surface area contributed by atoms with Crippen molar-refractivity contribution >= 4 is 33.3 Å². The van der Waals surface area contributed by atoms with Crippen molar-refractivity contribution < 1.29 is 22.9 Å². The van der Waals surface area contributed by atoms with Gasteiger partial charge in [0.2, 0.25) is 10.0 Å². The Morgan fingerprint density at radius 2 is 2.00 bits per heavy atom. The van der Waals surface area contributed by atoms with Crippen LogP contribution in [0.15, 0.2) is 17.0 Å². The van der Waals surface area contributed by atoms with Crippen LogP contribution < -0.4 is 0 Å². The first-order valence-corrected chi connectivity index (χ1v) is 9.42. The number of nitrogens with zero attached hydrogens (tertiary/aromatic N) is 2. The van der Waals surface area contributed by atoms with Gasteiger partial charge in [-0.3, -0.25) is 14.9 Å². The Hall–Kier alpha value is -1.71. The number of ether oxygens (including phenoxy) is 1. The van der Waals surface area contributed by atoms with Gasteiger partial charge in [-0.25, -0.2) is 8.42 Å². The molecular weight excluding hydrogens is 372 g/mol. The average Bonchev–Trinajstić information content (AvgIpc) is 2.48. The van der Waals surface area contributed by atoms with Crippen LogP contribution in [0.25, 0.3) is 0 Å². The molecule has 0 spiro atoms. The number of carbonyl (C=O) groups is 1. The molecule has 140 valence electrons. The molecule has 0 bridgehead atoms. The predicted molar refractivity (Wildman–Crippen MR) is 93.1 cm³/mol. The maximum Gasteiger partial charge on any atom is 0.321 e. The zero-order valence-corrected chi connectivity index (χ0v) is 16.1. The second kappa shape index (κ2) is 8.59. The molecule has 0 aliphatic rings. The minimum atomic E-state index is -4.16. The number of rotatable bonds is 8. The Morgan fingerprint density at radius 3 is 2.48 bits per heavy atom. The van der Waals surface area contributed by atoms with Crippen LogP contribution in [-0.4, -0.2) is 43.3 Å². The molecule has 8 nitrogen and oxygen atoms in total. The van der Waals surface area contributed by atoms with E-state index in [0.29, 0.717) is 0 Å². The van der Waals surface area contributed by atoms with Crippen molar-refractivity contribution in [2.75, 3.05) is 19.7 Å². The lowest BCUT2D eigenvalue weighted by atomic mass is 10.2. The summed E-state index contributed by atoms with van der Waals surface area (Å²) in [6.45, 7) is 6.32. The lowest BCUT2D eigenvalue weighted by Gasteiger charge is -2.23.